The lowest BCUT2D eigenvalue weighted by atomic mass is 9.74. The monoisotopic (exact) mass is 511 g/mol. The molecule has 34 heavy (non-hydrogen) atoms. The maximum atomic E-state index is 13.5. The number of thiocarbonyl (C=S) groups is 2. The number of rotatable bonds is 9. The molecule has 2 aromatic carbocycles. The van der Waals surface area contributed by atoms with E-state index < -0.39 is 8.32 Å². The van der Waals surface area contributed by atoms with Gasteiger partial charge >= 0.3 is 0 Å². The zero-order chi connectivity index (χ0) is 25.3. The fourth-order valence-corrected chi connectivity index (χ4v) is 6.42. The number of amides is 1. The minimum absolute atomic E-state index is 0.00383. The van der Waals surface area contributed by atoms with Crippen LogP contribution >= 0.6 is 24.4 Å². The smallest absolute Gasteiger partial charge is 0.230 e. The van der Waals surface area contributed by atoms with Crippen LogP contribution in [-0.2, 0) is 9.22 Å². The van der Waals surface area contributed by atoms with Crippen molar-refractivity contribution in [2.24, 2.45) is 11.8 Å². The fraction of sp³-hybridized carbons (Fsp3) is 0.464. The van der Waals surface area contributed by atoms with Crippen LogP contribution < -0.4 is 0 Å². The maximum absolute atomic E-state index is 13.5. The summed E-state index contributed by atoms with van der Waals surface area (Å²) in [5.74, 6) is -0.120. The number of nitrogens with zero attached hydrogens (tertiary/aromatic N) is 1. The molecule has 0 aliphatic carbocycles. The standard InChI is InChI=1S/C28H37NO2S2Si/c1-19(26(33)22-16-12-9-13-17-22)25-24(20(2)31-34(6,7)28(3,4)5)27(30)29(25)18-23(32)21-14-10-8-11-15-21/h8-17,19-20,24-25H,18H2,1-7H3/t19-,20-,24-,25-/m1/s1. The lowest BCUT2D eigenvalue weighted by molar-refractivity contribution is -0.163. The van der Waals surface area contributed by atoms with Crippen molar-refractivity contribution >= 4 is 48.4 Å². The van der Waals surface area contributed by atoms with Crippen molar-refractivity contribution < 1.29 is 9.22 Å². The number of β-lactam (4-membered cyclic amide) rings is 1. The molecule has 6 heteroatoms. The van der Waals surface area contributed by atoms with Gasteiger partial charge in [-0.25, -0.2) is 0 Å². The van der Waals surface area contributed by atoms with Gasteiger partial charge in [0.25, 0.3) is 0 Å². The molecule has 1 aliphatic rings. The summed E-state index contributed by atoms with van der Waals surface area (Å²) >= 11 is 11.7. The van der Waals surface area contributed by atoms with Crippen LogP contribution in [0.15, 0.2) is 60.7 Å². The van der Waals surface area contributed by atoms with Crippen LogP contribution in [0.2, 0.25) is 18.1 Å². The Kier molecular flexibility index (Phi) is 8.28. The van der Waals surface area contributed by atoms with Gasteiger partial charge in [-0.1, -0.05) is 113 Å². The molecule has 0 aromatic heterocycles. The van der Waals surface area contributed by atoms with Crippen molar-refractivity contribution in [1.82, 2.24) is 4.90 Å². The Morgan fingerprint density at radius 1 is 0.971 bits per heavy atom. The zero-order valence-corrected chi connectivity index (χ0v) is 24.0. The van der Waals surface area contributed by atoms with E-state index in [1.807, 2.05) is 65.6 Å². The molecule has 1 saturated heterocycles. The third kappa shape index (κ3) is 5.56. The Morgan fingerprint density at radius 2 is 1.47 bits per heavy atom. The van der Waals surface area contributed by atoms with Crippen LogP contribution in [0.1, 0.15) is 45.7 Å². The molecule has 1 heterocycles. The third-order valence-electron chi connectivity index (χ3n) is 7.48. The van der Waals surface area contributed by atoms with Gasteiger partial charge in [-0.15, -0.1) is 0 Å². The van der Waals surface area contributed by atoms with Crippen LogP contribution in [-0.4, -0.2) is 47.5 Å². The zero-order valence-electron chi connectivity index (χ0n) is 21.4. The normalized spacial score (nSPS) is 20.4. The quantitative estimate of drug-likeness (QED) is 0.162. The predicted molar refractivity (Wildman–Crippen MR) is 152 cm³/mol. The molecule has 0 saturated carbocycles. The fourth-order valence-electron chi connectivity index (χ4n) is 4.44. The summed E-state index contributed by atoms with van der Waals surface area (Å²) in [6, 6.07) is 20.0. The number of carbonyl (C=O) groups is 1. The molecule has 0 spiro atoms. The van der Waals surface area contributed by atoms with Gasteiger partial charge in [0.15, 0.2) is 8.32 Å². The highest BCUT2D eigenvalue weighted by molar-refractivity contribution is 7.81. The third-order valence-corrected chi connectivity index (χ3v) is 13.0. The highest BCUT2D eigenvalue weighted by atomic mass is 32.1. The van der Waals surface area contributed by atoms with E-state index >= 15 is 0 Å². The van der Waals surface area contributed by atoms with Crippen molar-refractivity contribution in [2.75, 3.05) is 6.54 Å². The second-order valence-corrected chi connectivity index (χ2v) is 16.6. The molecule has 3 rings (SSSR count). The number of carbonyl (C=O) groups excluding carboxylic acids is 1. The summed E-state index contributed by atoms with van der Waals surface area (Å²) in [6.07, 6.45) is -0.180. The maximum Gasteiger partial charge on any atom is 0.230 e. The van der Waals surface area contributed by atoms with E-state index in [2.05, 4.69) is 47.7 Å². The van der Waals surface area contributed by atoms with Gasteiger partial charge in [-0.05, 0) is 36.2 Å². The number of hydrogen-bond acceptors (Lipinski definition) is 4. The lowest BCUT2D eigenvalue weighted by Crippen LogP contribution is -2.69. The van der Waals surface area contributed by atoms with E-state index in [0.717, 1.165) is 20.9 Å². The molecule has 2 aromatic rings. The highest BCUT2D eigenvalue weighted by Gasteiger charge is 2.54. The lowest BCUT2D eigenvalue weighted by Gasteiger charge is -2.53. The van der Waals surface area contributed by atoms with Gasteiger partial charge in [0.2, 0.25) is 5.91 Å². The largest absolute Gasteiger partial charge is 0.413 e. The molecule has 3 nitrogen and oxygen atoms in total. The summed E-state index contributed by atoms with van der Waals surface area (Å²) in [7, 11) is -2.03. The van der Waals surface area contributed by atoms with Crippen molar-refractivity contribution in [1.29, 1.82) is 0 Å². The van der Waals surface area contributed by atoms with Gasteiger partial charge in [0.05, 0.1) is 24.6 Å². The molecule has 0 bridgehead atoms. The average molecular weight is 512 g/mol. The van der Waals surface area contributed by atoms with Crippen LogP contribution in [0.25, 0.3) is 0 Å². The highest BCUT2D eigenvalue weighted by Crippen LogP contribution is 2.42. The number of hydrogen-bond donors (Lipinski definition) is 0. The molecule has 0 N–H and O–H groups in total. The first kappa shape index (κ1) is 26.9. The Bertz CT molecular complexity index is 1030. The molecule has 182 valence electrons. The molecule has 4 atom stereocenters. The Balaban J connectivity index is 1.88. The summed E-state index contributed by atoms with van der Waals surface area (Å²) < 4.78 is 6.70. The number of likely N-dealkylation sites (tertiary alicyclic amines) is 1. The first-order chi connectivity index (χ1) is 15.8. The van der Waals surface area contributed by atoms with E-state index in [1.165, 1.54) is 0 Å². The summed E-state index contributed by atoms with van der Waals surface area (Å²) in [5, 5.41) is 0.0725. The molecule has 1 fully saturated rings. The van der Waals surface area contributed by atoms with Crippen molar-refractivity contribution in [2.45, 2.75) is 64.9 Å². The minimum atomic E-state index is -2.03. The molecule has 1 aliphatic heterocycles. The van der Waals surface area contributed by atoms with Gasteiger partial charge in [0, 0.05) is 15.6 Å². The topological polar surface area (TPSA) is 29.5 Å². The molecular weight excluding hydrogens is 475 g/mol. The summed E-state index contributed by atoms with van der Waals surface area (Å²) in [5.41, 5.74) is 2.02. The van der Waals surface area contributed by atoms with E-state index in [-0.39, 0.29) is 34.9 Å². The second kappa shape index (κ2) is 10.5. The van der Waals surface area contributed by atoms with Gasteiger partial charge in [0.1, 0.15) is 0 Å². The minimum Gasteiger partial charge on any atom is -0.413 e. The van der Waals surface area contributed by atoms with E-state index in [0.29, 0.717) is 6.54 Å². The molecule has 0 radical (unpaired) electrons. The van der Waals surface area contributed by atoms with Crippen LogP contribution in [0, 0.1) is 11.8 Å². The van der Waals surface area contributed by atoms with E-state index in [1.54, 1.807) is 0 Å². The molecule has 1 amide bonds. The van der Waals surface area contributed by atoms with Crippen LogP contribution in [0.3, 0.4) is 0 Å². The van der Waals surface area contributed by atoms with Gasteiger partial charge in [-0.2, -0.15) is 0 Å². The first-order valence-electron chi connectivity index (χ1n) is 12.0. The van der Waals surface area contributed by atoms with Gasteiger partial charge in [-0.3, -0.25) is 4.79 Å². The van der Waals surface area contributed by atoms with Gasteiger partial charge < -0.3 is 9.33 Å². The predicted octanol–water partition coefficient (Wildman–Crippen LogP) is 6.70. The Labute approximate surface area is 217 Å². The van der Waals surface area contributed by atoms with E-state index in [4.69, 9.17) is 28.9 Å². The SMILES string of the molecule is C[C@@H](O[Si](C)(C)C(C)(C)C)[C@H]1C(=O)N(CC(=S)c2ccccc2)[C@@H]1[C@@H](C)C(=S)c1ccccc1. The summed E-state index contributed by atoms with van der Waals surface area (Å²) in [6.45, 7) is 15.8. The van der Waals surface area contributed by atoms with Crippen LogP contribution in [0.5, 0.6) is 0 Å². The first-order valence-corrected chi connectivity index (χ1v) is 15.7. The van der Waals surface area contributed by atoms with Crippen LogP contribution in [0.4, 0.5) is 0 Å². The van der Waals surface area contributed by atoms with Crippen molar-refractivity contribution in [3.8, 4) is 0 Å². The Hall–Kier alpha value is -1.73. The van der Waals surface area contributed by atoms with Crippen molar-refractivity contribution in [3.05, 3.63) is 71.8 Å². The average Bonchev–Trinajstić information content (AvgIpc) is 2.79. The number of benzene rings is 2. The second-order valence-electron chi connectivity index (χ2n) is 10.9. The van der Waals surface area contributed by atoms with E-state index in [9.17, 15) is 4.79 Å². The summed E-state index contributed by atoms with van der Waals surface area (Å²) in [4.78, 5) is 17.1. The molecular formula is C28H37NO2S2Si. The Morgan fingerprint density at radius 3 is 1.97 bits per heavy atom. The van der Waals surface area contributed by atoms with Crippen molar-refractivity contribution in [3.63, 3.8) is 0 Å². The molecule has 0 unspecified atom stereocenters.